The number of hydrogen-bond acceptors (Lipinski definition) is 4. The average Bonchev–Trinajstić information content (AvgIpc) is 2.96. The molecule has 19 heavy (non-hydrogen) atoms. The van der Waals surface area contributed by atoms with Gasteiger partial charge >= 0.3 is 0 Å². The second kappa shape index (κ2) is 7.78. The molecule has 2 unspecified atom stereocenters. The summed E-state index contributed by atoms with van der Waals surface area (Å²) in [5.74, 6) is 2.25. The Hall–Kier alpha value is -0.710. The zero-order chi connectivity index (χ0) is 13.5. The number of ether oxygens (including phenoxy) is 2. The Morgan fingerprint density at radius 1 is 1.37 bits per heavy atom. The van der Waals surface area contributed by atoms with Gasteiger partial charge in [0.15, 0.2) is 0 Å². The molecule has 0 saturated carbocycles. The highest BCUT2D eigenvalue weighted by Crippen LogP contribution is 2.38. The fraction of sp³-hybridized carbons (Fsp3) is 0.600. The van der Waals surface area contributed by atoms with Crippen molar-refractivity contribution in [1.29, 1.82) is 0 Å². The molecule has 1 aromatic carbocycles. The normalized spacial score (nSPS) is 20.4. The average molecular weight is 281 g/mol. The van der Waals surface area contributed by atoms with Crippen LogP contribution in [-0.2, 0) is 4.74 Å². The minimum Gasteiger partial charge on any atom is -0.491 e. The van der Waals surface area contributed by atoms with Crippen molar-refractivity contribution in [2.45, 2.75) is 24.1 Å². The largest absolute Gasteiger partial charge is 0.491 e. The van der Waals surface area contributed by atoms with Gasteiger partial charge in [0.25, 0.3) is 0 Å². The Morgan fingerprint density at radius 3 is 2.89 bits per heavy atom. The van der Waals surface area contributed by atoms with E-state index in [1.165, 1.54) is 24.2 Å². The van der Waals surface area contributed by atoms with E-state index in [0.29, 0.717) is 24.5 Å². The van der Waals surface area contributed by atoms with Gasteiger partial charge in [-0.05, 0) is 31.7 Å². The predicted molar refractivity (Wildman–Crippen MR) is 81.1 cm³/mol. The Balaban J connectivity index is 2.11. The second-order valence-corrected chi connectivity index (χ2v) is 6.04. The lowest BCUT2D eigenvalue weighted by atomic mass is 10.00. The van der Waals surface area contributed by atoms with Crippen LogP contribution >= 0.6 is 11.8 Å². The summed E-state index contributed by atoms with van der Waals surface area (Å²) in [5, 5.41) is 4.11. The maximum atomic E-state index is 5.85. The number of benzene rings is 1. The van der Waals surface area contributed by atoms with Gasteiger partial charge in [-0.2, -0.15) is 11.8 Å². The summed E-state index contributed by atoms with van der Waals surface area (Å²) in [6.07, 6.45) is 2.60. The topological polar surface area (TPSA) is 30.5 Å². The molecule has 1 aromatic rings. The van der Waals surface area contributed by atoms with Gasteiger partial charge in [0.1, 0.15) is 12.4 Å². The molecule has 1 N–H and O–H groups in total. The lowest BCUT2D eigenvalue weighted by Crippen LogP contribution is -2.26. The van der Waals surface area contributed by atoms with Gasteiger partial charge in [0.05, 0.1) is 6.61 Å². The molecular formula is C15H23NO2S. The van der Waals surface area contributed by atoms with Crippen molar-refractivity contribution in [2.75, 3.05) is 33.1 Å². The van der Waals surface area contributed by atoms with Gasteiger partial charge in [-0.15, -0.1) is 0 Å². The third-order valence-corrected chi connectivity index (χ3v) is 4.91. The van der Waals surface area contributed by atoms with Crippen LogP contribution in [0.1, 0.15) is 24.4 Å². The molecule has 0 amide bonds. The molecule has 1 fully saturated rings. The quantitative estimate of drug-likeness (QED) is 0.779. The molecule has 1 saturated heterocycles. The van der Waals surface area contributed by atoms with Gasteiger partial charge in [-0.1, -0.05) is 18.2 Å². The van der Waals surface area contributed by atoms with Gasteiger partial charge in [0.2, 0.25) is 0 Å². The van der Waals surface area contributed by atoms with Gasteiger partial charge in [-0.25, -0.2) is 0 Å². The number of methoxy groups -OCH3 is 1. The first-order chi connectivity index (χ1) is 9.36. The fourth-order valence-corrected chi connectivity index (χ4v) is 3.96. The van der Waals surface area contributed by atoms with Crippen molar-refractivity contribution >= 4 is 11.8 Å². The van der Waals surface area contributed by atoms with Crippen molar-refractivity contribution in [3.63, 3.8) is 0 Å². The van der Waals surface area contributed by atoms with Crippen LogP contribution in [0, 0.1) is 0 Å². The predicted octanol–water partition coefficient (Wildman–Crippen LogP) is 2.87. The highest BCUT2D eigenvalue weighted by Gasteiger charge is 2.27. The molecule has 1 aliphatic heterocycles. The number of rotatable bonds is 7. The molecule has 0 aliphatic carbocycles. The van der Waals surface area contributed by atoms with Crippen LogP contribution < -0.4 is 10.1 Å². The summed E-state index contributed by atoms with van der Waals surface area (Å²) in [5.41, 5.74) is 1.26. The lowest BCUT2D eigenvalue weighted by Gasteiger charge is -2.25. The van der Waals surface area contributed by atoms with Crippen LogP contribution in [0.5, 0.6) is 5.75 Å². The molecule has 0 radical (unpaired) electrons. The Labute approximate surface area is 120 Å². The zero-order valence-electron chi connectivity index (χ0n) is 11.7. The van der Waals surface area contributed by atoms with Crippen molar-refractivity contribution < 1.29 is 9.47 Å². The molecule has 2 atom stereocenters. The summed E-state index contributed by atoms with van der Waals surface area (Å²) < 4.78 is 10.9. The van der Waals surface area contributed by atoms with Crippen LogP contribution in [0.25, 0.3) is 0 Å². The van der Waals surface area contributed by atoms with Crippen LogP contribution in [0.3, 0.4) is 0 Å². The summed E-state index contributed by atoms with van der Waals surface area (Å²) in [7, 11) is 3.73. The standard InChI is InChI=1S/C15H23NO2S/c1-16-15(14-8-5-11-19-14)12-6-3-4-7-13(12)18-10-9-17-2/h3-4,6-7,14-16H,5,8-11H2,1-2H3. The third-order valence-electron chi connectivity index (χ3n) is 3.45. The highest BCUT2D eigenvalue weighted by atomic mass is 32.2. The van der Waals surface area contributed by atoms with E-state index >= 15 is 0 Å². The Morgan fingerprint density at radius 2 is 2.21 bits per heavy atom. The Kier molecular flexibility index (Phi) is 6.01. The van der Waals surface area contributed by atoms with Crippen molar-refractivity contribution in [1.82, 2.24) is 5.32 Å². The molecule has 1 aliphatic rings. The molecule has 0 aromatic heterocycles. The molecule has 2 rings (SSSR count). The van der Waals surface area contributed by atoms with E-state index in [1.807, 2.05) is 13.1 Å². The molecular weight excluding hydrogens is 258 g/mol. The lowest BCUT2D eigenvalue weighted by molar-refractivity contribution is 0.145. The van der Waals surface area contributed by atoms with E-state index in [1.54, 1.807) is 7.11 Å². The van der Waals surface area contributed by atoms with E-state index in [2.05, 4.69) is 35.3 Å². The number of thioether (sulfide) groups is 1. The van der Waals surface area contributed by atoms with E-state index < -0.39 is 0 Å². The molecule has 1 heterocycles. The first kappa shape index (κ1) is 14.7. The van der Waals surface area contributed by atoms with Crippen molar-refractivity contribution in [3.8, 4) is 5.75 Å². The molecule has 3 nitrogen and oxygen atoms in total. The monoisotopic (exact) mass is 281 g/mol. The number of nitrogens with one attached hydrogen (secondary N) is 1. The third kappa shape index (κ3) is 3.88. The molecule has 106 valence electrons. The minimum absolute atomic E-state index is 0.367. The minimum atomic E-state index is 0.367. The van der Waals surface area contributed by atoms with E-state index in [0.717, 1.165) is 5.75 Å². The maximum Gasteiger partial charge on any atom is 0.124 e. The van der Waals surface area contributed by atoms with Crippen molar-refractivity contribution in [3.05, 3.63) is 29.8 Å². The van der Waals surface area contributed by atoms with Gasteiger partial charge in [-0.3, -0.25) is 0 Å². The summed E-state index contributed by atoms with van der Waals surface area (Å²) in [6, 6.07) is 8.70. The molecule has 0 bridgehead atoms. The molecule has 0 spiro atoms. The van der Waals surface area contributed by atoms with Gasteiger partial charge < -0.3 is 14.8 Å². The summed E-state index contributed by atoms with van der Waals surface area (Å²) in [6.45, 7) is 1.22. The van der Waals surface area contributed by atoms with E-state index in [-0.39, 0.29) is 0 Å². The number of hydrogen-bond donors (Lipinski definition) is 1. The number of para-hydroxylation sites is 1. The van der Waals surface area contributed by atoms with E-state index in [9.17, 15) is 0 Å². The first-order valence-electron chi connectivity index (χ1n) is 6.86. The fourth-order valence-electron chi connectivity index (χ4n) is 2.51. The maximum absolute atomic E-state index is 5.85. The SMILES string of the molecule is CNC(c1ccccc1OCCOC)C1CCCS1. The zero-order valence-corrected chi connectivity index (χ0v) is 12.5. The van der Waals surface area contributed by atoms with E-state index in [4.69, 9.17) is 9.47 Å². The summed E-state index contributed by atoms with van der Waals surface area (Å²) in [4.78, 5) is 0. The van der Waals surface area contributed by atoms with Crippen LogP contribution in [0.15, 0.2) is 24.3 Å². The van der Waals surface area contributed by atoms with Crippen LogP contribution in [-0.4, -0.2) is 38.4 Å². The van der Waals surface area contributed by atoms with Crippen LogP contribution in [0.4, 0.5) is 0 Å². The first-order valence-corrected chi connectivity index (χ1v) is 7.91. The highest BCUT2D eigenvalue weighted by molar-refractivity contribution is 8.00. The summed E-state index contributed by atoms with van der Waals surface area (Å²) >= 11 is 2.06. The van der Waals surface area contributed by atoms with Gasteiger partial charge in [0, 0.05) is 24.0 Å². The smallest absolute Gasteiger partial charge is 0.124 e. The van der Waals surface area contributed by atoms with Crippen molar-refractivity contribution in [2.24, 2.45) is 0 Å². The van der Waals surface area contributed by atoms with Crippen LogP contribution in [0.2, 0.25) is 0 Å². The second-order valence-electron chi connectivity index (χ2n) is 4.70. The Bertz CT molecular complexity index is 380. The molecule has 4 heteroatoms.